The van der Waals surface area contributed by atoms with Crippen LogP contribution in [-0.2, 0) is 13.6 Å². The van der Waals surface area contributed by atoms with Crippen molar-refractivity contribution in [3.8, 4) is 0 Å². The second-order valence-corrected chi connectivity index (χ2v) is 7.61. The molecule has 0 unspecified atom stereocenters. The number of hydrazine groups is 1. The van der Waals surface area contributed by atoms with E-state index in [0.717, 1.165) is 4.47 Å². The molecule has 0 aliphatic carbocycles. The van der Waals surface area contributed by atoms with E-state index in [1.54, 1.807) is 39.8 Å². The summed E-state index contributed by atoms with van der Waals surface area (Å²) in [4.78, 5) is 12.1. The van der Waals surface area contributed by atoms with Gasteiger partial charge in [0.2, 0.25) is 0 Å². The monoisotopic (exact) mass is 378 g/mol. The average Bonchev–Trinajstić information content (AvgIpc) is 2.35. The maximum Gasteiger partial charge on any atom is 0.420 e. The molecule has 0 heterocycles. The summed E-state index contributed by atoms with van der Waals surface area (Å²) in [7, 11) is -3.89. The van der Waals surface area contributed by atoms with Crippen molar-refractivity contribution in [1.82, 2.24) is 5.43 Å². The largest absolute Gasteiger partial charge is 0.420 e. The molecule has 0 saturated heterocycles. The Morgan fingerprint density at radius 3 is 2.00 bits per heavy atom. The smallest absolute Gasteiger partial charge is 0.299 e. The molecule has 0 spiro atoms. The zero-order valence-electron chi connectivity index (χ0n) is 12.4. The van der Waals surface area contributed by atoms with Crippen LogP contribution in [0.2, 0.25) is 0 Å². The van der Waals surface area contributed by atoms with Gasteiger partial charge in [-0.15, -0.1) is 0 Å². The number of benzene rings is 1. The molecular weight excluding hydrogens is 359 g/mol. The van der Waals surface area contributed by atoms with Crippen molar-refractivity contribution in [2.45, 2.75) is 39.9 Å². The summed E-state index contributed by atoms with van der Waals surface area (Å²) in [5.41, 5.74) is 4.84. The Bertz CT molecular complexity index is 505. The van der Waals surface area contributed by atoms with E-state index in [0.29, 0.717) is 5.69 Å². The number of amides is 1. The van der Waals surface area contributed by atoms with E-state index in [-0.39, 0.29) is 0 Å². The second kappa shape index (κ2) is 7.94. The average molecular weight is 379 g/mol. The zero-order chi connectivity index (χ0) is 16.0. The van der Waals surface area contributed by atoms with Gasteiger partial charge in [0.05, 0.1) is 17.9 Å². The summed E-state index contributed by atoms with van der Waals surface area (Å²) in [5, 5.41) is 0. The highest BCUT2D eigenvalue weighted by Crippen LogP contribution is 2.51. The topological polar surface area (TPSA) is 76.7 Å². The molecule has 2 N–H and O–H groups in total. The van der Waals surface area contributed by atoms with Gasteiger partial charge in [0.25, 0.3) is 0 Å². The highest BCUT2D eigenvalue weighted by molar-refractivity contribution is 9.10. The fraction of sp³-hybridized carbons (Fsp3) is 0.462. The molecule has 6 nitrogen and oxygen atoms in total. The fourth-order valence-corrected chi connectivity index (χ4v) is 3.21. The second-order valence-electron chi connectivity index (χ2n) is 4.87. The Morgan fingerprint density at radius 1 is 1.10 bits per heavy atom. The third-order valence-corrected chi connectivity index (χ3v) is 4.64. The lowest BCUT2D eigenvalue weighted by atomic mass is 10.3. The maximum absolute atomic E-state index is 12.5. The number of hydrogen-bond donors (Lipinski definition) is 2. The first kappa shape index (κ1) is 18.2. The van der Waals surface area contributed by atoms with E-state index in [1.165, 1.54) is 0 Å². The molecule has 0 bridgehead atoms. The molecule has 0 atom stereocenters. The lowest BCUT2D eigenvalue weighted by molar-refractivity contribution is 0.143. The van der Waals surface area contributed by atoms with Crippen molar-refractivity contribution < 1.29 is 18.4 Å². The van der Waals surface area contributed by atoms with E-state index in [4.69, 9.17) is 9.05 Å². The third-order valence-electron chi connectivity index (χ3n) is 2.11. The van der Waals surface area contributed by atoms with Gasteiger partial charge < -0.3 is 0 Å². The highest BCUT2D eigenvalue weighted by Gasteiger charge is 2.37. The maximum atomic E-state index is 12.5. The summed E-state index contributed by atoms with van der Waals surface area (Å²) in [5.74, 6) is 0. The summed E-state index contributed by atoms with van der Waals surface area (Å²) in [6.07, 6.45) is -0.791. The fourth-order valence-electron chi connectivity index (χ4n) is 1.40. The normalized spacial score (nSPS) is 11.8. The zero-order valence-corrected chi connectivity index (χ0v) is 14.9. The SMILES string of the molecule is CC(C)OP(=O)(OC(C)C)C(=O)NNc1ccc(Br)cc1. The molecule has 0 aromatic heterocycles. The van der Waals surface area contributed by atoms with Crippen molar-refractivity contribution >= 4 is 34.9 Å². The highest BCUT2D eigenvalue weighted by atomic mass is 79.9. The first-order chi connectivity index (χ1) is 9.73. The molecule has 0 radical (unpaired) electrons. The lowest BCUT2D eigenvalue weighted by Gasteiger charge is -2.22. The Labute approximate surface area is 133 Å². The van der Waals surface area contributed by atoms with Crippen LogP contribution < -0.4 is 10.9 Å². The van der Waals surface area contributed by atoms with Crippen LogP contribution in [0.15, 0.2) is 28.7 Å². The van der Waals surface area contributed by atoms with Crippen LogP contribution in [-0.4, -0.2) is 17.9 Å². The van der Waals surface area contributed by atoms with Gasteiger partial charge in [0, 0.05) is 4.47 Å². The molecular formula is C13H20BrN2O4P. The quantitative estimate of drug-likeness (QED) is 0.538. The van der Waals surface area contributed by atoms with Gasteiger partial charge in [-0.25, -0.2) is 4.57 Å². The van der Waals surface area contributed by atoms with Gasteiger partial charge in [0.15, 0.2) is 0 Å². The van der Waals surface area contributed by atoms with E-state index in [1.807, 2.05) is 12.1 Å². The van der Waals surface area contributed by atoms with Crippen LogP contribution in [0.5, 0.6) is 0 Å². The number of hydrogen-bond acceptors (Lipinski definition) is 5. The standard InChI is InChI=1S/C13H20BrN2O4P/c1-9(2)19-21(18,20-10(3)4)13(17)16-15-12-7-5-11(14)6-8-12/h5-10,15H,1-4H3,(H,16,17). The van der Waals surface area contributed by atoms with Crippen molar-refractivity contribution in [2.75, 3.05) is 5.43 Å². The van der Waals surface area contributed by atoms with E-state index in [9.17, 15) is 9.36 Å². The summed E-state index contributed by atoms with van der Waals surface area (Å²) in [6.45, 7) is 6.75. The Balaban J connectivity index is 2.72. The van der Waals surface area contributed by atoms with Crippen molar-refractivity contribution in [3.63, 3.8) is 0 Å². The number of carbonyl (C=O) groups excluding carboxylic acids is 1. The minimum atomic E-state index is -3.89. The van der Waals surface area contributed by atoms with Gasteiger partial charge in [-0.05, 0) is 52.0 Å². The van der Waals surface area contributed by atoms with Crippen LogP contribution >= 0.6 is 23.5 Å². The molecule has 0 saturated carbocycles. The predicted octanol–water partition coefficient (Wildman–Crippen LogP) is 4.53. The van der Waals surface area contributed by atoms with E-state index < -0.39 is 25.5 Å². The Morgan fingerprint density at radius 2 is 1.57 bits per heavy atom. The number of anilines is 1. The molecule has 1 rings (SSSR count). The number of nitrogens with one attached hydrogen (secondary N) is 2. The van der Waals surface area contributed by atoms with Crippen LogP contribution in [0.3, 0.4) is 0 Å². The molecule has 0 fully saturated rings. The van der Waals surface area contributed by atoms with E-state index >= 15 is 0 Å². The van der Waals surface area contributed by atoms with Gasteiger partial charge >= 0.3 is 13.2 Å². The van der Waals surface area contributed by atoms with Gasteiger partial charge in [-0.3, -0.25) is 24.7 Å². The third kappa shape index (κ3) is 6.18. The molecule has 21 heavy (non-hydrogen) atoms. The molecule has 0 aliphatic heterocycles. The number of rotatable bonds is 7. The first-order valence-electron chi connectivity index (χ1n) is 6.52. The number of carbonyl (C=O) groups is 1. The van der Waals surface area contributed by atoms with Gasteiger partial charge in [-0.2, -0.15) is 0 Å². The predicted molar refractivity (Wildman–Crippen MR) is 86.3 cm³/mol. The van der Waals surface area contributed by atoms with Crippen LogP contribution in [0.1, 0.15) is 27.7 Å². The number of halogens is 1. The minimum Gasteiger partial charge on any atom is -0.299 e. The van der Waals surface area contributed by atoms with Crippen LogP contribution in [0.25, 0.3) is 0 Å². The van der Waals surface area contributed by atoms with Crippen molar-refractivity contribution in [1.29, 1.82) is 0 Å². The van der Waals surface area contributed by atoms with Crippen molar-refractivity contribution in [2.24, 2.45) is 0 Å². The summed E-state index contributed by atoms with van der Waals surface area (Å²) in [6, 6.07) is 7.12. The summed E-state index contributed by atoms with van der Waals surface area (Å²) < 4.78 is 23.8. The van der Waals surface area contributed by atoms with Crippen LogP contribution in [0, 0.1) is 0 Å². The molecule has 0 aliphatic rings. The molecule has 118 valence electrons. The van der Waals surface area contributed by atoms with Gasteiger partial charge in [0.1, 0.15) is 0 Å². The summed E-state index contributed by atoms with van der Waals surface area (Å²) >= 11 is 3.31. The van der Waals surface area contributed by atoms with Crippen LogP contribution in [0.4, 0.5) is 10.5 Å². The molecule has 8 heteroatoms. The Kier molecular flexibility index (Phi) is 6.87. The van der Waals surface area contributed by atoms with Gasteiger partial charge in [-0.1, -0.05) is 15.9 Å². The molecule has 1 aromatic rings. The Hall–Kier alpha value is -0.880. The molecule has 1 aromatic carbocycles. The molecule has 1 amide bonds. The lowest BCUT2D eigenvalue weighted by Crippen LogP contribution is -2.30. The minimum absolute atomic E-state index is 0.395. The van der Waals surface area contributed by atoms with E-state index in [2.05, 4.69) is 26.8 Å². The van der Waals surface area contributed by atoms with Crippen molar-refractivity contribution in [3.05, 3.63) is 28.7 Å². The first-order valence-corrected chi connectivity index (χ1v) is 8.85.